The molecular weight excluding hydrogens is 378 g/mol. The molecule has 1 atom stereocenters. The van der Waals surface area contributed by atoms with E-state index in [1.807, 2.05) is 58.3 Å². The van der Waals surface area contributed by atoms with Crippen LogP contribution in [0.4, 0.5) is 5.69 Å². The summed E-state index contributed by atoms with van der Waals surface area (Å²) in [7, 11) is 0. The van der Waals surface area contributed by atoms with Gasteiger partial charge in [0.1, 0.15) is 11.6 Å². The van der Waals surface area contributed by atoms with Gasteiger partial charge in [-0.05, 0) is 55.5 Å². The van der Waals surface area contributed by atoms with Crippen molar-refractivity contribution < 1.29 is 14.0 Å². The molecule has 6 nitrogen and oxygen atoms in total. The summed E-state index contributed by atoms with van der Waals surface area (Å²) in [6.07, 6.45) is 4.79. The van der Waals surface area contributed by atoms with Crippen molar-refractivity contribution in [1.29, 1.82) is 0 Å². The molecule has 154 valence electrons. The van der Waals surface area contributed by atoms with Crippen molar-refractivity contribution in [2.45, 2.75) is 44.6 Å². The highest BCUT2D eigenvalue weighted by molar-refractivity contribution is 5.95. The normalized spacial score (nSPS) is 19.6. The summed E-state index contributed by atoms with van der Waals surface area (Å²) < 4.78 is 5.98. The highest BCUT2D eigenvalue weighted by atomic mass is 16.3. The number of hydrogen-bond acceptors (Lipinski definition) is 4. The standard InChI is InChI=1S/C24H25N3O3/c28-22-9-5-15-26(22)18-12-10-17(11-13-18)16-23(29)27-14-4-3-7-20(27)24-25-19-6-1-2-8-21(19)30-24/h1-2,6,8,10-13,20H,3-5,7,9,14-16H2/t20-/m1/s1. The zero-order valence-corrected chi connectivity index (χ0v) is 16.9. The number of hydrogen-bond donors (Lipinski definition) is 0. The van der Waals surface area contributed by atoms with Gasteiger partial charge in [-0.15, -0.1) is 0 Å². The van der Waals surface area contributed by atoms with Crippen molar-refractivity contribution >= 4 is 28.6 Å². The van der Waals surface area contributed by atoms with Crippen LogP contribution in [0.3, 0.4) is 0 Å². The molecule has 3 heterocycles. The number of anilines is 1. The highest BCUT2D eigenvalue weighted by Crippen LogP contribution is 2.33. The second-order valence-corrected chi connectivity index (χ2v) is 8.11. The van der Waals surface area contributed by atoms with E-state index in [-0.39, 0.29) is 17.9 Å². The van der Waals surface area contributed by atoms with Gasteiger partial charge in [0.05, 0.1) is 6.42 Å². The van der Waals surface area contributed by atoms with Crippen molar-refractivity contribution in [3.8, 4) is 0 Å². The Morgan fingerprint density at radius 2 is 1.87 bits per heavy atom. The van der Waals surface area contributed by atoms with E-state index in [9.17, 15) is 9.59 Å². The van der Waals surface area contributed by atoms with Crippen LogP contribution >= 0.6 is 0 Å². The van der Waals surface area contributed by atoms with Gasteiger partial charge in [0, 0.05) is 25.2 Å². The Hall–Kier alpha value is -3.15. The monoisotopic (exact) mass is 403 g/mol. The number of fused-ring (bicyclic) bond motifs is 1. The van der Waals surface area contributed by atoms with E-state index in [4.69, 9.17) is 4.42 Å². The molecule has 3 aromatic rings. The lowest BCUT2D eigenvalue weighted by atomic mass is 10.0. The molecule has 2 aliphatic rings. The molecule has 2 saturated heterocycles. The maximum absolute atomic E-state index is 13.2. The van der Waals surface area contributed by atoms with Crippen LogP contribution in [0, 0.1) is 0 Å². The van der Waals surface area contributed by atoms with Gasteiger partial charge in [-0.25, -0.2) is 4.98 Å². The third-order valence-electron chi connectivity index (χ3n) is 6.10. The van der Waals surface area contributed by atoms with Crippen LogP contribution in [-0.2, 0) is 16.0 Å². The summed E-state index contributed by atoms with van der Waals surface area (Å²) >= 11 is 0. The summed E-state index contributed by atoms with van der Waals surface area (Å²) in [6.45, 7) is 1.50. The first-order chi connectivity index (χ1) is 14.7. The van der Waals surface area contributed by atoms with E-state index in [2.05, 4.69) is 4.98 Å². The average molecular weight is 403 g/mol. The van der Waals surface area contributed by atoms with Crippen LogP contribution in [-0.4, -0.2) is 34.8 Å². The molecule has 0 aliphatic carbocycles. The minimum absolute atomic E-state index is 0.0898. The van der Waals surface area contributed by atoms with Gasteiger partial charge in [0.15, 0.2) is 5.58 Å². The Morgan fingerprint density at radius 1 is 1.03 bits per heavy atom. The number of para-hydroxylation sites is 2. The van der Waals surface area contributed by atoms with Gasteiger partial charge >= 0.3 is 0 Å². The molecule has 0 saturated carbocycles. The number of amides is 2. The van der Waals surface area contributed by atoms with Crippen LogP contribution in [0.5, 0.6) is 0 Å². The lowest BCUT2D eigenvalue weighted by Crippen LogP contribution is -2.39. The number of benzene rings is 2. The quantitative estimate of drug-likeness (QED) is 0.653. The molecule has 0 N–H and O–H groups in total. The molecule has 2 aliphatic heterocycles. The maximum Gasteiger partial charge on any atom is 0.227 e. The molecule has 0 bridgehead atoms. The number of carbonyl (C=O) groups is 2. The lowest BCUT2D eigenvalue weighted by molar-refractivity contribution is -0.134. The van der Waals surface area contributed by atoms with Crippen LogP contribution in [0.15, 0.2) is 52.9 Å². The summed E-state index contributed by atoms with van der Waals surface area (Å²) in [5.41, 5.74) is 3.46. The van der Waals surface area contributed by atoms with Crippen LogP contribution in [0.1, 0.15) is 49.6 Å². The lowest BCUT2D eigenvalue weighted by Gasteiger charge is -2.34. The molecule has 1 aromatic heterocycles. The fourth-order valence-corrected chi connectivity index (χ4v) is 4.51. The van der Waals surface area contributed by atoms with Crippen molar-refractivity contribution in [3.05, 3.63) is 60.0 Å². The van der Waals surface area contributed by atoms with Crippen molar-refractivity contribution in [1.82, 2.24) is 9.88 Å². The minimum Gasteiger partial charge on any atom is -0.438 e. The molecule has 5 rings (SSSR count). The fraction of sp³-hybridized carbons (Fsp3) is 0.375. The van der Waals surface area contributed by atoms with E-state index in [0.29, 0.717) is 18.7 Å². The number of carbonyl (C=O) groups excluding carboxylic acids is 2. The van der Waals surface area contributed by atoms with Crippen molar-refractivity contribution in [2.24, 2.45) is 0 Å². The van der Waals surface area contributed by atoms with Crippen LogP contribution in [0.2, 0.25) is 0 Å². The minimum atomic E-state index is -0.111. The van der Waals surface area contributed by atoms with Gasteiger partial charge in [-0.2, -0.15) is 0 Å². The molecule has 0 radical (unpaired) electrons. The summed E-state index contributed by atoms with van der Waals surface area (Å²) in [6, 6.07) is 15.4. The van der Waals surface area contributed by atoms with Gasteiger partial charge in [0.2, 0.25) is 17.7 Å². The van der Waals surface area contributed by atoms with E-state index < -0.39 is 0 Å². The predicted octanol–water partition coefficient (Wildman–Crippen LogP) is 4.25. The highest BCUT2D eigenvalue weighted by Gasteiger charge is 2.31. The van der Waals surface area contributed by atoms with Crippen LogP contribution in [0.25, 0.3) is 11.1 Å². The van der Waals surface area contributed by atoms with Crippen molar-refractivity contribution in [3.63, 3.8) is 0 Å². The smallest absolute Gasteiger partial charge is 0.227 e. The number of aromatic nitrogens is 1. The number of oxazole rings is 1. The molecular formula is C24H25N3O3. The molecule has 2 aromatic carbocycles. The Kier molecular flexibility index (Phi) is 4.99. The third kappa shape index (κ3) is 3.58. The summed E-state index contributed by atoms with van der Waals surface area (Å²) in [4.78, 5) is 33.5. The molecule has 2 amide bonds. The topological polar surface area (TPSA) is 66.7 Å². The Morgan fingerprint density at radius 3 is 2.63 bits per heavy atom. The Labute approximate surface area is 175 Å². The van der Waals surface area contributed by atoms with E-state index in [1.54, 1.807) is 0 Å². The number of nitrogens with zero attached hydrogens (tertiary/aromatic N) is 3. The zero-order valence-electron chi connectivity index (χ0n) is 16.9. The van der Waals surface area contributed by atoms with Gasteiger partial charge < -0.3 is 14.2 Å². The van der Waals surface area contributed by atoms with Gasteiger partial charge in [-0.1, -0.05) is 24.3 Å². The molecule has 2 fully saturated rings. The number of likely N-dealkylation sites (tertiary alicyclic amines) is 1. The maximum atomic E-state index is 13.2. The summed E-state index contributed by atoms with van der Waals surface area (Å²) in [5.74, 6) is 0.896. The van der Waals surface area contributed by atoms with E-state index in [1.165, 1.54) is 0 Å². The van der Waals surface area contributed by atoms with Crippen molar-refractivity contribution in [2.75, 3.05) is 18.0 Å². The first-order valence-electron chi connectivity index (χ1n) is 10.7. The van der Waals surface area contributed by atoms with Gasteiger partial charge in [-0.3, -0.25) is 9.59 Å². The second-order valence-electron chi connectivity index (χ2n) is 8.11. The fourth-order valence-electron chi connectivity index (χ4n) is 4.51. The molecule has 30 heavy (non-hydrogen) atoms. The van der Waals surface area contributed by atoms with E-state index in [0.717, 1.165) is 61.1 Å². The van der Waals surface area contributed by atoms with E-state index >= 15 is 0 Å². The third-order valence-corrected chi connectivity index (χ3v) is 6.10. The van der Waals surface area contributed by atoms with Crippen LogP contribution < -0.4 is 4.90 Å². The second kappa shape index (κ2) is 7.94. The molecule has 6 heteroatoms. The van der Waals surface area contributed by atoms with Gasteiger partial charge in [0.25, 0.3) is 0 Å². The predicted molar refractivity (Wildman–Crippen MR) is 114 cm³/mol. The first-order valence-corrected chi connectivity index (χ1v) is 10.7. The first kappa shape index (κ1) is 18.9. The Balaban J connectivity index is 1.32. The zero-order chi connectivity index (χ0) is 20.5. The average Bonchev–Trinajstić information content (AvgIpc) is 3.40. The summed E-state index contributed by atoms with van der Waals surface area (Å²) in [5, 5.41) is 0. The molecule has 0 unspecified atom stereocenters. The number of piperidine rings is 1. The molecule has 0 spiro atoms. The number of rotatable bonds is 4. The largest absolute Gasteiger partial charge is 0.438 e. The Bertz CT molecular complexity index is 1040. The SMILES string of the molecule is O=C1CCCN1c1ccc(CC(=O)N2CCCC[C@@H]2c2nc3ccccc3o2)cc1.